The molecule has 0 saturated carbocycles. The van der Waals surface area contributed by atoms with Crippen molar-refractivity contribution in [3.63, 3.8) is 0 Å². The molecule has 1 N–H and O–H groups in total. The molecule has 3 aromatic rings. The van der Waals surface area contributed by atoms with E-state index >= 15 is 0 Å². The van der Waals surface area contributed by atoms with Crippen LogP contribution >= 0.6 is 11.3 Å². The van der Waals surface area contributed by atoms with Crippen molar-refractivity contribution in [1.82, 2.24) is 14.4 Å². The van der Waals surface area contributed by atoms with Gasteiger partial charge in [-0.25, -0.2) is 9.97 Å². The number of thiazole rings is 1. The monoisotopic (exact) mass is 286 g/mol. The number of nitrogens with zero attached hydrogens (tertiary/aromatic N) is 3. The van der Waals surface area contributed by atoms with Crippen molar-refractivity contribution < 1.29 is 4.79 Å². The fourth-order valence-corrected chi connectivity index (χ4v) is 2.38. The summed E-state index contributed by atoms with van der Waals surface area (Å²) in [6.45, 7) is 1.90. The molecule has 0 aliphatic heterocycles. The van der Waals surface area contributed by atoms with Crippen LogP contribution in [0.4, 0.5) is 5.82 Å². The second-order valence-electron chi connectivity index (χ2n) is 4.21. The van der Waals surface area contributed by atoms with Gasteiger partial charge in [-0.05, 0) is 18.6 Å². The van der Waals surface area contributed by atoms with Crippen LogP contribution in [-0.4, -0.2) is 20.3 Å². The van der Waals surface area contributed by atoms with Gasteiger partial charge in [-0.15, -0.1) is 11.3 Å². The molecule has 0 aromatic carbocycles. The molecule has 3 aromatic heterocycles. The largest absolute Gasteiger partial charge is 0.306 e. The van der Waals surface area contributed by atoms with Crippen LogP contribution in [0, 0.1) is 6.92 Å². The Morgan fingerprint density at radius 3 is 2.90 bits per heavy atom. The molecular formula is C13H10N4O2S. The molecule has 0 aliphatic rings. The zero-order valence-electron chi connectivity index (χ0n) is 10.5. The Hall–Kier alpha value is -2.54. The molecule has 3 rings (SSSR count). The lowest BCUT2D eigenvalue weighted by Gasteiger charge is -2.04. The summed E-state index contributed by atoms with van der Waals surface area (Å²) in [4.78, 5) is 32.9. The van der Waals surface area contributed by atoms with E-state index in [1.54, 1.807) is 23.8 Å². The van der Waals surface area contributed by atoms with Crippen molar-refractivity contribution in [2.24, 2.45) is 0 Å². The summed E-state index contributed by atoms with van der Waals surface area (Å²) in [5.74, 6) is -0.116. The quantitative estimate of drug-likeness (QED) is 0.778. The third-order valence-electron chi connectivity index (χ3n) is 2.74. The molecule has 0 bridgehead atoms. The lowest BCUT2D eigenvalue weighted by Crippen LogP contribution is -2.26. The average molecular weight is 286 g/mol. The van der Waals surface area contributed by atoms with E-state index in [9.17, 15) is 9.59 Å². The number of fused-ring (bicyclic) bond motifs is 1. The van der Waals surface area contributed by atoms with Gasteiger partial charge >= 0.3 is 0 Å². The highest BCUT2D eigenvalue weighted by Crippen LogP contribution is 2.08. The van der Waals surface area contributed by atoms with Crippen LogP contribution in [0.1, 0.15) is 15.9 Å². The minimum Gasteiger partial charge on any atom is -0.306 e. The van der Waals surface area contributed by atoms with Crippen LogP contribution in [0.2, 0.25) is 0 Å². The fourth-order valence-electron chi connectivity index (χ4n) is 1.71. The van der Waals surface area contributed by atoms with Gasteiger partial charge in [0.2, 0.25) is 0 Å². The van der Waals surface area contributed by atoms with Crippen molar-refractivity contribution >= 4 is 28.0 Å². The van der Waals surface area contributed by atoms with Crippen molar-refractivity contribution in [2.45, 2.75) is 6.92 Å². The van der Waals surface area contributed by atoms with Gasteiger partial charge in [-0.3, -0.25) is 14.0 Å². The topological polar surface area (TPSA) is 76.4 Å². The molecular weight excluding hydrogens is 276 g/mol. The van der Waals surface area contributed by atoms with E-state index in [0.717, 1.165) is 5.56 Å². The summed E-state index contributed by atoms with van der Waals surface area (Å²) in [6.07, 6.45) is 4.52. The molecule has 6 nitrogen and oxygen atoms in total. The molecule has 0 fully saturated rings. The standard InChI is InChI=1S/C13H10N4O2S/c1-8-2-3-10(14-6-8)16-11(18)9-7-15-13-17(12(9)19)4-5-20-13/h2-7H,1H3,(H,14,16,18). The highest BCUT2D eigenvalue weighted by Gasteiger charge is 2.14. The third-order valence-corrected chi connectivity index (χ3v) is 3.51. The zero-order chi connectivity index (χ0) is 14.1. The number of nitrogens with one attached hydrogen (secondary N) is 1. The molecule has 20 heavy (non-hydrogen) atoms. The SMILES string of the molecule is Cc1ccc(NC(=O)c2cnc3sccn3c2=O)nc1. The first-order chi connectivity index (χ1) is 9.65. The van der Waals surface area contributed by atoms with E-state index in [-0.39, 0.29) is 11.1 Å². The van der Waals surface area contributed by atoms with Gasteiger partial charge in [-0.1, -0.05) is 6.07 Å². The van der Waals surface area contributed by atoms with Crippen LogP contribution in [-0.2, 0) is 0 Å². The zero-order valence-corrected chi connectivity index (χ0v) is 11.3. The van der Waals surface area contributed by atoms with Crippen LogP contribution in [0.5, 0.6) is 0 Å². The summed E-state index contributed by atoms with van der Waals surface area (Å²) in [5.41, 5.74) is 0.591. The minimum absolute atomic E-state index is 0.0109. The van der Waals surface area contributed by atoms with Gasteiger partial charge in [0, 0.05) is 24.0 Å². The number of rotatable bonds is 2. The van der Waals surface area contributed by atoms with Crippen LogP contribution in [0.15, 0.2) is 40.9 Å². The predicted molar refractivity (Wildman–Crippen MR) is 76.3 cm³/mol. The van der Waals surface area contributed by atoms with Crippen molar-refractivity contribution in [2.75, 3.05) is 5.32 Å². The molecule has 0 radical (unpaired) electrons. The van der Waals surface area contributed by atoms with Crippen LogP contribution in [0.3, 0.4) is 0 Å². The number of carbonyl (C=O) groups is 1. The van der Waals surface area contributed by atoms with E-state index in [0.29, 0.717) is 10.8 Å². The second kappa shape index (κ2) is 4.86. The molecule has 0 unspecified atom stereocenters. The van der Waals surface area contributed by atoms with Gasteiger partial charge < -0.3 is 5.32 Å². The molecule has 3 heterocycles. The lowest BCUT2D eigenvalue weighted by molar-refractivity contribution is 0.102. The number of aromatic nitrogens is 3. The molecule has 100 valence electrons. The maximum Gasteiger partial charge on any atom is 0.271 e. The summed E-state index contributed by atoms with van der Waals surface area (Å²) < 4.78 is 1.35. The van der Waals surface area contributed by atoms with Gasteiger partial charge in [0.15, 0.2) is 4.96 Å². The van der Waals surface area contributed by atoms with Crippen molar-refractivity contribution in [1.29, 1.82) is 0 Å². The highest BCUT2D eigenvalue weighted by atomic mass is 32.1. The fraction of sp³-hybridized carbons (Fsp3) is 0.0769. The van der Waals surface area contributed by atoms with Gasteiger partial charge in [0.1, 0.15) is 11.4 Å². The molecule has 7 heteroatoms. The average Bonchev–Trinajstić information content (AvgIpc) is 2.91. The molecule has 0 aliphatic carbocycles. The van der Waals surface area contributed by atoms with Crippen LogP contribution in [0.25, 0.3) is 4.96 Å². The number of amides is 1. The van der Waals surface area contributed by atoms with E-state index in [4.69, 9.17) is 0 Å². The number of hydrogen-bond acceptors (Lipinski definition) is 5. The summed E-state index contributed by atoms with van der Waals surface area (Å²) in [7, 11) is 0. The summed E-state index contributed by atoms with van der Waals surface area (Å²) in [5, 5.41) is 4.33. The number of carbonyl (C=O) groups excluding carboxylic acids is 1. The molecule has 0 atom stereocenters. The Bertz CT molecular complexity index is 835. The van der Waals surface area contributed by atoms with E-state index in [1.807, 2.05) is 13.0 Å². The number of anilines is 1. The van der Waals surface area contributed by atoms with Crippen LogP contribution < -0.4 is 10.9 Å². The number of aryl methyl sites for hydroxylation is 1. The number of pyridine rings is 1. The van der Waals surface area contributed by atoms with Crippen molar-refractivity contribution in [3.05, 3.63) is 57.6 Å². The van der Waals surface area contributed by atoms with Gasteiger partial charge in [0.25, 0.3) is 11.5 Å². The first-order valence-electron chi connectivity index (χ1n) is 5.84. The van der Waals surface area contributed by atoms with Crippen molar-refractivity contribution in [3.8, 4) is 0 Å². The van der Waals surface area contributed by atoms with Gasteiger partial charge in [-0.2, -0.15) is 0 Å². The minimum atomic E-state index is -0.514. The Morgan fingerprint density at radius 1 is 1.30 bits per heavy atom. The maximum atomic E-state index is 12.1. The Kier molecular flexibility index (Phi) is 3.03. The molecule has 1 amide bonds. The van der Waals surface area contributed by atoms with Gasteiger partial charge in [0.05, 0.1) is 0 Å². The normalized spacial score (nSPS) is 10.7. The maximum absolute atomic E-state index is 12.1. The lowest BCUT2D eigenvalue weighted by atomic mass is 10.3. The predicted octanol–water partition coefficient (Wildman–Crippen LogP) is 1.71. The highest BCUT2D eigenvalue weighted by molar-refractivity contribution is 7.15. The number of hydrogen-bond donors (Lipinski definition) is 1. The smallest absolute Gasteiger partial charge is 0.271 e. The first-order valence-corrected chi connectivity index (χ1v) is 6.72. The summed E-state index contributed by atoms with van der Waals surface area (Å²) >= 11 is 1.34. The van der Waals surface area contributed by atoms with E-state index < -0.39 is 5.91 Å². The first kappa shape index (κ1) is 12.5. The second-order valence-corrected chi connectivity index (χ2v) is 5.08. The molecule has 0 saturated heterocycles. The van der Waals surface area contributed by atoms with E-state index in [1.165, 1.54) is 21.9 Å². The molecule has 0 spiro atoms. The Morgan fingerprint density at radius 2 is 2.15 bits per heavy atom. The summed E-state index contributed by atoms with van der Waals surface area (Å²) in [6, 6.07) is 3.51. The Labute approximate surface area is 117 Å². The van der Waals surface area contributed by atoms with E-state index in [2.05, 4.69) is 15.3 Å². The third kappa shape index (κ3) is 2.19. The Balaban J connectivity index is 1.94.